The first-order chi connectivity index (χ1) is 10.6. The lowest BCUT2D eigenvalue weighted by Crippen LogP contribution is -2.07. The Morgan fingerprint density at radius 3 is 2.77 bits per heavy atom. The molecule has 4 aromatic rings. The van der Waals surface area contributed by atoms with Crippen LogP contribution in [-0.2, 0) is 0 Å². The average molecular weight is 373 g/mol. The number of fused-ring (bicyclic) bond motifs is 3. The van der Waals surface area contributed by atoms with Crippen molar-refractivity contribution in [1.29, 1.82) is 0 Å². The van der Waals surface area contributed by atoms with Crippen molar-refractivity contribution in [2.45, 2.75) is 6.92 Å². The summed E-state index contributed by atoms with van der Waals surface area (Å²) in [5.41, 5.74) is 3.35. The molecule has 108 valence electrons. The van der Waals surface area contributed by atoms with Gasteiger partial charge in [0.05, 0.1) is 0 Å². The van der Waals surface area contributed by atoms with E-state index in [1.165, 1.54) is 11.3 Å². The molecule has 0 aliphatic carbocycles. The van der Waals surface area contributed by atoms with Crippen LogP contribution in [0, 0.1) is 6.92 Å². The number of nitrogens with zero attached hydrogens (tertiary/aromatic N) is 3. The first kappa shape index (κ1) is 13.5. The minimum Gasteiger partial charge on any atom is -0.266 e. The highest BCUT2D eigenvalue weighted by Gasteiger charge is 2.16. The third-order valence-electron chi connectivity index (χ3n) is 3.43. The Morgan fingerprint density at radius 1 is 1.23 bits per heavy atom. The number of rotatable bonds is 1. The van der Waals surface area contributed by atoms with Crippen LogP contribution < -0.4 is 5.56 Å². The summed E-state index contributed by atoms with van der Waals surface area (Å²) in [6, 6.07) is 10.1. The van der Waals surface area contributed by atoms with E-state index in [0.717, 1.165) is 31.5 Å². The van der Waals surface area contributed by atoms with E-state index in [1.807, 2.05) is 37.3 Å². The largest absolute Gasteiger partial charge is 0.285 e. The summed E-state index contributed by atoms with van der Waals surface area (Å²) in [5, 5.41) is 11.1. The SMILES string of the molecule is Cc1cc(-c2ccc(Br)cc2)c2c(n1)sc1c(=O)[nH]nnc12. The summed E-state index contributed by atoms with van der Waals surface area (Å²) >= 11 is 4.79. The van der Waals surface area contributed by atoms with Gasteiger partial charge in [-0.05, 0) is 36.2 Å². The first-order valence-electron chi connectivity index (χ1n) is 6.54. The zero-order valence-corrected chi connectivity index (χ0v) is 13.8. The third kappa shape index (κ3) is 2.05. The van der Waals surface area contributed by atoms with Gasteiger partial charge in [0.25, 0.3) is 5.56 Å². The molecule has 0 aliphatic rings. The highest BCUT2D eigenvalue weighted by molar-refractivity contribution is 9.10. The van der Waals surface area contributed by atoms with Gasteiger partial charge in [0.1, 0.15) is 15.0 Å². The van der Waals surface area contributed by atoms with Crippen molar-refractivity contribution in [2.75, 3.05) is 0 Å². The first-order valence-corrected chi connectivity index (χ1v) is 8.15. The fraction of sp³-hybridized carbons (Fsp3) is 0.0667. The Labute approximate surface area is 137 Å². The van der Waals surface area contributed by atoms with E-state index >= 15 is 0 Å². The van der Waals surface area contributed by atoms with E-state index in [0.29, 0.717) is 10.2 Å². The quantitative estimate of drug-likeness (QED) is 0.553. The van der Waals surface area contributed by atoms with Crippen molar-refractivity contribution in [1.82, 2.24) is 20.4 Å². The second-order valence-corrected chi connectivity index (χ2v) is 6.83. The maximum absolute atomic E-state index is 11.9. The number of aromatic nitrogens is 4. The summed E-state index contributed by atoms with van der Waals surface area (Å²) in [7, 11) is 0. The number of aromatic amines is 1. The molecule has 4 rings (SSSR count). The van der Waals surface area contributed by atoms with E-state index in [4.69, 9.17) is 0 Å². The molecule has 3 heterocycles. The van der Waals surface area contributed by atoms with Crippen molar-refractivity contribution in [2.24, 2.45) is 0 Å². The molecule has 0 fully saturated rings. The molecule has 7 heteroatoms. The van der Waals surface area contributed by atoms with Crippen molar-refractivity contribution in [3.63, 3.8) is 0 Å². The maximum Gasteiger partial charge on any atom is 0.285 e. The van der Waals surface area contributed by atoms with E-state index < -0.39 is 0 Å². The molecule has 1 N–H and O–H groups in total. The van der Waals surface area contributed by atoms with Crippen molar-refractivity contribution < 1.29 is 0 Å². The van der Waals surface area contributed by atoms with Gasteiger partial charge in [-0.3, -0.25) is 4.79 Å². The summed E-state index contributed by atoms with van der Waals surface area (Å²) in [6.45, 7) is 1.95. The van der Waals surface area contributed by atoms with Crippen LogP contribution in [-0.4, -0.2) is 20.4 Å². The topological polar surface area (TPSA) is 71.5 Å². The molecule has 0 atom stereocenters. The zero-order valence-electron chi connectivity index (χ0n) is 11.4. The third-order valence-corrected chi connectivity index (χ3v) is 5.03. The van der Waals surface area contributed by atoms with Crippen LogP contribution in [0.25, 0.3) is 31.6 Å². The van der Waals surface area contributed by atoms with Gasteiger partial charge >= 0.3 is 0 Å². The fourth-order valence-corrected chi connectivity index (χ4v) is 3.82. The Morgan fingerprint density at radius 2 is 2.00 bits per heavy atom. The minimum absolute atomic E-state index is 0.229. The van der Waals surface area contributed by atoms with E-state index in [-0.39, 0.29) is 5.56 Å². The van der Waals surface area contributed by atoms with Gasteiger partial charge in [0.15, 0.2) is 0 Å². The van der Waals surface area contributed by atoms with Crippen molar-refractivity contribution >= 4 is 47.7 Å². The Balaban J connectivity index is 2.17. The molecular formula is C15H9BrN4OS. The lowest BCUT2D eigenvalue weighted by atomic mass is 10.0. The molecule has 0 bridgehead atoms. The smallest absolute Gasteiger partial charge is 0.266 e. The Kier molecular flexibility index (Phi) is 3.05. The van der Waals surface area contributed by atoms with Gasteiger partial charge in [-0.15, -0.1) is 16.4 Å². The number of aryl methyl sites for hydroxylation is 1. The number of halogens is 1. The number of benzene rings is 1. The summed E-state index contributed by atoms with van der Waals surface area (Å²) in [5.74, 6) is 0. The van der Waals surface area contributed by atoms with Crippen molar-refractivity contribution in [3.8, 4) is 11.1 Å². The summed E-state index contributed by atoms with van der Waals surface area (Å²) in [4.78, 5) is 17.3. The maximum atomic E-state index is 11.9. The molecule has 22 heavy (non-hydrogen) atoms. The van der Waals surface area contributed by atoms with E-state index in [2.05, 4.69) is 36.3 Å². The summed E-state index contributed by atoms with van der Waals surface area (Å²) < 4.78 is 1.58. The number of pyridine rings is 1. The van der Waals surface area contributed by atoms with Gasteiger partial charge in [-0.1, -0.05) is 33.3 Å². The molecule has 0 aliphatic heterocycles. The van der Waals surface area contributed by atoms with Crippen LogP contribution in [0.2, 0.25) is 0 Å². The molecule has 0 unspecified atom stereocenters. The van der Waals surface area contributed by atoms with Crippen molar-refractivity contribution in [3.05, 3.63) is 50.9 Å². The lowest BCUT2D eigenvalue weighted by Gasteiger charge is -2.05. The van der Waals surface area contributed by atoms with Crippen LogP contribution in [0.3, 0.4) is 0 Å². The molecular weight excluding hydrogens is 364 g/mol. The number of thiophene rings is 1. The lowest BCUT2D eigenvalue weighted by molar-refractivity contribution is 0.876. The highest BCUT2D eigenvalue weighted by atomic mass is 79.9. The molecule has 5 nitrogen and oxygen atoms in total. The van der Waals surface area contributed by atoms with Gasteiger partial charge in [0.2, 0.25) is 0 Å². The van der Waals surface area contributed by atoms with Crippen LogP contribution in [0.4, 0.5) is 0 Å². The van der Waals surface area contributed by atoms with Gasteiger partial charge in [0, 0.05) is 15.6 Å². The van der Waals surface area contributed by atoms with Gasteiger partial charge in [-0.25, -0.2) is 10.1 Å². The molecule has 0 radical (unpaired) electrons. The predicted molar refractivity (Wildman–Crippen MR) is 91.2 cm³/mol. The van der Waals surface area contributed by atoms with Crippen LogP contribution >= 0.6 is 27.3 Å². The number of hydrogen-bond acceptors (Lipinski definition) is 5. The number of nitrogens with one attached hydrogen (secondary N) is 1. The second kappa shape index (κ2) is 4.96. The average Bonchev–Trinajstić information content (AvgIpc) is 2.87. The molecule has 0 amide bonds. The normalized spacial score (nSPS) is 11.4. The predicted octanol–water partition coefficient (Wildman–Crippen LogP) is 3.67. The molecule has 3 aromatic heterocycles. The molecule has 1 aromatic carbocycles. The van der Waals surface area contributed by atoms with Crippen LogP contribution in [0.1, 0.15) is 5.69 Å². The highest BCUT2D eigenvalue weighted by Crippen LogP contribution is 2.37. The minimum atomic E-state index is -0.229. The van der Waals surface area contributed by atoms with Gasteiger partial charge < -0.3 is 0 Å². The van der Waals surface area contributed by atoms with E-state index in [1.54, 1.807) is 0 Å². The number of H-pyrrole nitrogens is 1. The molecule has 0 saturated heterocycles. The van der Waals surface area contributed by atoms with E-state index in [9.17, 15) is 4.79 Å². The zero-order chi connectivity index (χ0) is 15.3. The Hall–Kier alpha value is -2.12. The summed E-state index contributed by atoms with van der Waals surface area (Å²) in [6.07, 6.45) is 0. The van der Waals surface area contributed by atoms with Crippen LogP contribution in [0.15, 0.2) is 39.6 Å². The fourth-order valence-electron chi connectivity index (χ4n) is 2.48. The van der Waals surface area contributed by atoms with Gasteiger partial charge in [-0.2, -0.15) is 0 Å². The Bertz CT molecular complexity index is 1070. The molecule has 0 saturated carbocycles. The molecule has 0 spiro atoms. The standard InChI is InChI=1S/C15H9BrN4OS/c1-7-6-10(8-2-4-9(16)5-3-8)11-12-13(22-15(11)17-7)14(21)19-20-18-12/h2-6H,1H3,(H,18,19,21). The monoisotopic (exact) mass is 372 g/mol. The van der Waals surface area contributed by atoms with Crippen LogP contribution in [0.5, 0.6) is 0 Å². The second-order valence-electron chi connectivity index (χ2n) is 4.92. The number of hydrogen-bond donors (Lipinski definition) is 1.